The van der Waals surface area contributed by atoms with Gasteiger partial charge in [-0.25, -0.2) is 12.8 Å². The molecule has 1 N–H and O–H groups in total. The highest BCUT2D eigenvalue weighted by Crippen LogP contribution is 2.00. The van der Waals surface area contributed by atoms with Crippen LogP contribution in [0.4, 0.5) is 4.39 Å². The van der Waals surface area contributed by atoms with Crippen LogP contribution in [0.5, 0.6) is 0 Å². The highest BCUT2D eigenvalue weighted by atomic mass is 32.2. The Bertz CT molecular complexity index is 202. The van der Waals surface area contributed by atoms with E-state index in [9.17, 15) is 12.8 Å². The largest absolute Gasteiger partial charge is 0.313 e. The van der Waals surface area contributed by atoms with Crippen molar-refractivity contribution >= 4 is 9.84 Å². The van der Waals surface area contributed by atoms with Crippen molar-refractivity contribution in [3.63, 3.8) is 0 Å². The van der Waals surface area contributed by atoms with Crippen LogP contribution in [0.3, 0.4) is 0 Å². The van der Waals surface area contributed by atoms with Crippen LogP contribution in [-0.2, 0) is 9.84 Å². The van der Waals surface area contributed by atoms with E-state index in [1.165, 1.54) is 0 Å². The molecule has 0 aromatic rings. The summed E-state index contributed by atoms with van der Waals surface area (Å²) >= 11 is 0. The maximum atomic E-state index is 12.5. The second-order valence-electron chi connectivity index (χ2n) is 2.42. The molecule has 1 saturated heterocycles. The van der Waals surface area contributed by atoms with Gasteiger partial charge in [-0.1, -0.05) is 0 Å². The topological polar surface area (TPSA) is 46.2 Å². The predicted octanol–water partition coefficient (Wildman–Crippen LogP) is -0.657. The molecule has 5 heteroatoms. The Kier molecular flexibility index (Phi) is 2.25. The van der Waals surface area contributed by atoms with E-state index in [0.717, 1.165) is 0 Å². The van der Waals surface area contributed by atoms with E-state index in [0.29, 0.717) is 6.54 Å². The second-order valence-corrected chi connectivity index (χ2v) is 4.64. The smallest absolute Gasteiger partial charge is 0.154 e. The molecular formula is C5H10FNO2S. The summed E-state index contributed by atoms with van der Waals surface area (Å²) < 4.78 is 34.1. The molecule has 1 atom stereocenters. The summed E-state index contributed by atoms with van der Waals surface area (Å²) in [4.78, 5) is 0. The summed E-state index contributed by atoms with van der Waals surface area (Å²) in [6, 6.07) is 0. The number of hydrogen-bond donors (Lipinski definition) is 1. The van der Waals surface area contributed by atoms with Crippen molar-refractivity contribution in [1.82, 2.24) is 5.32 Å². The summed E-state index contributed by atoms with van der Waals surface area (Å²) in [5.74, 6) is -0.257. The number of sulfone groups is 1. The van der Waals surface area contributed by atoms with E-state index in [2.05, 4.69) is 5.32 Å². The number of nitrogens with one attached hydrogen (secondary N) is 1. The average molecular weight is 167 g/mol. The van der Waals surface area contributed by atoms with Crippen LogP contribution in [0, 0.1) is 0 Å². The molecule has 0 aromatic heterocycles. The Morgan fingerprint density at radius 2 is 2.20 bits per heavy atom. The molecule has 60 valence electrons. The van der Waals surface area contributed by atoms with Crippen molar-refractivity contribution in [1.29, 1.82) is 0 Å². The van der Waals surface area contributed by atoms with E-state index >= 15 is 0 Å². The van der Waals surface area contributed by atoms with Crippen LogP contribution >= 0.6 is 0 Å². The van der Waals surface area contributed by atoms with Gasteiger partial charge in [-0.2, -0.15) is 0 Å². The lowest BCUT2D eigenvalue weighted by atomic mass is 10.4. The molecule has 0 saturated carbocycles. The molecule has 1 aliphatic rings. The quantitative estimate of drug-likeness (QED) is 0.521. The van der Waals surface area contributed by atoms with Crippen molar-refractivity contribution in [2.24, 2.45) is 0 Å². The van der Waals surface area contributed by atoms with E-state index in [4.69, 9.17) is 0 Å². The van der Waals surface area contributed by atoms with Crippen LogP contribution in [-0.4, -0.2) is 39.2 Å². The molecule has 1 rings (SSSR count). The van der Waals surface area contributed by atoms with Gasteiger partial charge in [0.2, 0.25) is 0 Å². The minimum atomic E-state index is -3.11. The average Bonchev–Trinajstić information content (AvgIpc) is 1.90. The predicted molar refractivity (Wildman–Crippen MR) is 36.4 cm³/mol. The number of rotatable bonds is 0. The van der Waals surface area contributed by atoms with Gasteiger partial charge in [-0.15, -0.1) is 0 Å². The first-order valence-corrected chi connectivity index (χ1v) is 4.97. The first-order valence-electron chi connectivity index (χ1n) is 3.15. The molecule has 0 spiro atoms. The highest BCUT2D eigenvalue weighted by molar-refractivity contribution is 7.91. The third kappa shape index (κ3) is 2.22. The lowest BCUT2D eigenvalue weighted by Crippen LogP contribution is -2.23. The minimum absolute atomic E-state index is 0.0629. The zero-order valence-electron chi connectivity index (χ0n) is 5.51. The van der Waals surface area contributed by atoms with Gasteiger partial charge in [0.25, 0.3) is 0 Å². The molecule has 0 aromatic carbocycles. The number of alkyl halides is 1. The van der Waals surface area contributed by atoms with Gasteiger partial charge in [0, 0.05) is 13.1 Å². The standard InChI is InChI=1S/C5H10FNO2S/c6-5-3-7-1-2-10(8,9)4-5/h5,7H,1-4H2. The van der Waals surface area contributed by atoms with Gasteiger partial charge in [0.05, 0.1) is 11.5 Å². The van der Waals surface area contributed by atoms with Crippen molar-refractivity contribution in [3.8, 4) is 0 Å². The molecule has 3 nitrogen and oxygen atoms in total. The van der Waals surface area contributed by atoms with Crippen LogP contribution in [0.25, 0.3) is 0 Å². The van der Waals surface area contributed by atoms with Gasteiger partial charge in [-0.05, 0) is 0 Å². The number of halogens is 1. The summed E-state index contributed by atoms with van der Waals surface area (Å²) in [7, 11) is -3.11. The van der Waals surface area contributed by atoms with Crippen molar-refractivity contribution < 1.29 is 12.8 Å². The molecule has 0 radical (unpaired) electrons. The molecule has 0 aliphatic carbocycles. The lowest BCUT2D eigenvalue weighted by molar-refractivity contribution is 0.354. The molecule has 1 heterocycles. The SMILES string of the molecule is O=S1(=O)CCNCC(F)C1. The molecule has 1 fully saturated rings. The third-order valence-corrected chi connectivity index (χ3v) is 3.09. The lowest BCUT2D eigenvalue weighted by Gasteiger charge is -2.00. The first kappa shape index (κ1) is 7.94. The van der Waals surface area contributed by atoms with Crippen LogP contribution in [0.2, 0.25) is 0 Å². The van der Waals surface area contributed by atoms with E-state index < -0.39 is 16.0 Å². The fraction of sp³-hybridized carbons (Fsp3) is 1.00. The second kappa shape index (κ2) is 2.84. The molecule has 0 amide bonds. The monoisotopic (exact) mass is 167 g/mol. The zero-order chi connectivity index (χ0) is 7.61. The van der Waals surface area contributed by atoms with Crippen molar-refractivity contribution in [3.05, 3.63) is 0 Å². The first-order chi connectivity index (χ1) is 4.60. The maximum absolute atomic E-state index is 12.5. The number of hydrogen-bond acceptors (Lipinski definition) is 3. The van der Waals surface area contributed by atoms with Gasteiger partial charge in [0.1, 0.15) is 6.17 Å². The Balaban J connectivity index is 2.64. The Labute approximate surface area is 59.5 Å². The third-order valence-electron chi connectivity index (χ3n) is 1.39. The van der Waals surface area contributed by atoms with Crippen LogP contribution < -0.4 is 5.32 Å². The summed E-state index contributed by atoms with van der Waals surface area (Å²) in [6.07, 6.45) is -1.23. The molecule has 10 heavy (non-hydrogen) atoms. The highest BCUT2D eigenvalue weighted by Gasteiger charge is 2.21. The van der Waals surface area contributed by atoms with Gasteiger partial charge in [-0.3, -0.25) is 0 Å². The molecular weight excluding hydrogens is 157 g/mol. The van der Waals surface area contributed by atoms with E-state index in [1.807, 2.05) is 0 Å². The van der Waals surface area contributed by atoms with E-state index in [-0.39, 0.29) is 18.1 Å². The zero-order valence-corrected chi connectivity index (χ0v) is 6.32. The van der Waals surface area contributed by atoms with Crippen LogP contribution in [0.15, 0.2) is 0 Å². The van der Waals surface area contributed by atoms with Gasteiger partial charge < -0.3 is 5.32 Å². The Hall–Kier alpha value is -0.160. The Morgan fingerprint density at radius 1 is 1.50 bits per heavy atom. The minimum Gasteiger partial charge on any atom is -0.313 e. The van der Waals surface area contributed by atoms with Crippen molar-refractivity contribution in [2.45, 2.75) is 6.17 Å². The molecule has 1 unspecified atom stereocenters. The van der Waals surface area contributed by atoms with Crippen molar-refractivity contribution in [2.75, 3.05) is 24.6 Å². The maximum Gasteiger partial charge on any atom is 0.154 e. The fourth-order valence-corrected chi connectivity index (χ4v) is 2.20. The van der Waals surface area contributed by atoms with Gasteiger partial charge in [0.15, 0.2) is 9.84 Å². The molecule has 0 bridgehead atoms. The fourth-order valence-electron chi connectivity index (χ4n) is 0.904. The summed E-state index contributed by atoms with van der Waals surface area (Å²) in [5.41, 5.74) is 0. The van der Waals surface area contributed by atoms with Crippen LogP contribution in [0.1, 0.15) is 0 Å². The molecule has 1 aliphatic heterocycles. The summed E-state index contributed by atoms with van der Waals surface area (Å²) in [6.45, 7) is 0.544. The van der Waals surface area contributed by atoms with Gasteiger partial charge >= 0.3 is 0 Å². The van der Waals surface area contributed by atoms with E-state index in [1.54, 1.807) is 0 Å². The summed E-state index contributed by atoms with van der Waals surface area (Å²) in [5, 5.41) is 2.70. The Morgan fingerprint density at radius 3 is 2.90 bits per heavy atom. The normalized spacial score (nSPS) is 33.1.